The molecular weight excluding hydrogens is 232 g/mol. The molecule has 0 aliphatic carbocycles. The maximum Gasteiger partial charge on any atom is 0.243 e. The zero-order chi connectivity index (χ0) is 12.4. The van der Waals surface area contributed by atoms with E-state index in [1.165, 1.54) is 0 Å². The van der Waals surface area contributed by atoms with Crippen molar-refractivity contribution >= 4 is 0 Å². The maximum atomic E-state index is 9.44. The smallest absolute Gasteiger partial charge is 0.243 e. The third-order valence-corrected chi connectivity index (χ3v) is 3.00. The van der Waals surface area contributed by atoms with Crippen LogP contribution in [0.5, 0.6) is 0 Å². The van der Waals surface area contributed by atoms with Crippen LogP contribution in [0.2, 0.25) is 0 Å². The molecule has 0 aromatic carbocycles. The van der Waals surface area contributed by atoms with Crippen LogP contribution in [-0.2, 0) is 6.42 Å². The van der Waals surface area contributed by atoms with Crippen molar-refractivity contribution in [3.63, 3.8) is 0 Å². The molecule has 0 saturated carbocycles. The summed E-state index contributed by atoms with van der Waals surface area (Å²) < 4.78 is 5.22. The third-order valence-electron chi connectivity index (χ3n) is 3.00. The fourth-order valence-electron chi connectivity index (χ4n) is 2.07. The molecule has 1 aliphatic heterocycles. The van der Waals surface area contributed by atoms with Crippen molar-refractivity contribution in [2.75, 3.05) is 6.54 Å². The van der Waals surface area contributed by atoms with Gasteiger partial charge < -0.3 is 14.9 Å². The number of β-amino-alcohol motifs (C(OH)–C–C–N with tert-alkyl or cyclic N) is 1. The molecule has 1 saturated heterocycles. The van der Waals surface area contributed by atoms with Gasteiger partial charge in [-0.25, -0.2) is 0 Å². The Morgan fingerprint density at radius 2 is 2.22 bits per heavy atom. The van der Waals surface area contributed by atoms with Gasteiger partial charge in [-0.1, -0.05) is 5.16 Å². The number of nitrogens with one attached hydrogen (secondary N) is 1. The second-order valence-electron chi connectivity index (χ2n) is 4.43. The van der Waals surface area contributed by atoms with Crippen molar-refractivity contribution < 1.29 is 9.63 Å². The van der Waals surface area contributed by atoms with Gasteiger partial charge in [-0.3, -0.25) is 4.98 Å². The first-order valence-corrected chi connectivity index (χ1v) is 5.94. The molecule has 2 aromatic heterocycles. The van der Waals surface area contributed by atoms with Crippen LogP contribution in [0.15, 0.2) is 29.0 Å². The van der Waals surface area contributed by atoms with Crippen LogP contribution in [0.4, 0.5) is 0 Å². The van der Waals surface area contributed by atoms with Gasteiger partial charge in [-0.2, -0.15) is 4.98 Å². The van der Waals surface area contributed by atoms with E-state index in [-0.39, 0.29) is 12.1 Å². The standard InChI is InChI=1S/C12H14N4O2/c17-9-6-10(14-7-9)12-15-11(16-18-12)5-8-1-3-13-4-2-8/h1-4,9-10,14,17H,5-7H2/t9-,10-/m1/s1. The third kappa shape index (κ3) is 2.39. The highest BCUT2D eigenvalue weighted by Gasteiger charge is 2.27. The van der Waals surface area contributed by atoms with Crippen molar-refractivity contribution in [1.82, 2.24) is 20.4 Å². The van der Waals surface area contributed by atoms with Crippen LogP contribution in [0.25, 0.3) is 0 Å². The lowest BCUT2D eigenvalue weighted by Gasteiger charge is -2.01. The van der Waals surface area contributed by atoms with Gasteiger partial charge in [-0.15, -0.1) is 0 Å². The van der Waals surface area contributed by atoms with E-state index in [9.17, 15) is 5.11 Å². The molecule has 0 radical (unpaired) electrons. The van der Waals surface area contributed by atoms with Crippen LogP contribution in [-0.4, -0.2) is 32.9 Å². The molecule has 2 aromatic rings. The van der Waals surface area contributed by atoms with E-state index in [4.69, 9.17) is 4.52 Å². The molecule has 3 heterocycles. The molecule has 2 N–H and O–H groups in total. The number of rotatable bonds is 3. The largest absolute Gasteiger partial charge is 0.392 e. The van der Waals surface area contributed by atoms with Crippen molar-refractivity contribution in [3.8, 4) is 0 Å². The van der Waals surface area contributed by atoms with Gasteiger partial charge in [-0.05, 0) is 24.1 Å². The fourth-order valence-corrected chi connectivity index (χ4v) is 2.07. The van der Waals surface area contributed by atoms with E-state index >= 15 is 0 Å². The molecule has 6 nitrogen and oxygen atoms in total. The SMILES string of the molecule is O[C@H]1CN[C@@H](c2nc(Cc3ccncc3)no2)C1. The summed E-state index contributed by atoms with van der Waals surface area (Å²) >= 11 is 0. The molecule has 3 rings (SSSR count). The first-order valence-electron chi connectivity index (χ1n) is 5.94. The van der Waals surface area contributed by atoms with E-state index in [1.807, 2.05) is 12.1 Å². The van der Waals surface area contributed by atoms with E-state index in [2.05, 4.69) is 20.4 Å². The van der Waals surface area contributed by atoms with Crippen molar-refractivity contribution in [2.24, 2.45) is 0 Å². The Bertz CT molecular complexity index is 514. The number of nitrogens with zero attached hydrogens (tertiary/aromatic N) is 3. The number of hydrogen-bond donors (Lipinski definition) is 2. The average molecular weight is 246 g/mol. The van der Waals surface area contributed by atoms with Crippen molar-refractivity contribution in [3.05, 3.63) is 41.8 Å². The molecule has 2 atom stereocenters. The Kier molecular flexibility index (Phi) is 3.04. The Morgan fingerprint density at radius 1 is 1.39 bits per heavy atom. The van der Waals surface area contributed by atoms with E-state index in [0.717, 1.165) is 5.56 Å². The quantitative estimate of drug-likeness (QED) is 0.818. The minimum atomic E-state index is -0.328. The van der Waals surface area contributed by atoms with Gasteiger partial charge >= 0.3 is 0 Å². The second kappa shape index (κ2) is 4.83. The van der Waals surface area contributed by atoms with Crippen molar-refractivity contribution in [2.45, 2.75) is 25.0 Å². The normalized spacial score (nSPS) is 23.4. The summed E-state index contributed by atoms with van der Waals surface area (Å²) in [5.74, 6) is 1.20. The van der Waals surface area contributed by atoms with Gasteiger partial charge in [0.25, 0.3) is 0 Å². The Morgan fingerprint density at radius 3 is 2.94 bits per heavy atom. The topological polar surface area (TPSA) is 84.1 Å². The highest BCUT2D eigenvalue weighted by Crippen LogP contribution is 2.22. The molecule has 1 aliphatic rings. The molecule has 94 valence electrons. The zero-order valence-electron chi connectivity index (χ0n) is 9.78. The minimum absolute atomic E-state index is 0.0290. The van der Waals surface area contributed by atoms with Crippen molar-refractivity contribution in [1.29, 1.82) is 0 Å². The van der Waals surface area contributed by atoms with Crippen LogP contribution >= 0.6 is 0 Å². The summed E-state index contributed by atoms with van der Waals surface area (Å²) in [6.07, 6.45) is 4.40. The monoisotopic (exact) mass is 246 g/mol. The van der Waals surface area contributed by atoms with Gasteiger partial charge in [0.2, 0.25) is 5.89 Å². The van der Waals surface area contributed by atoms with Gasteiger partial charge in [0.05, 0.1) is 12.1 Å². The summed E-state index contributed by atoms with van der Waals surface area (Å²) in [5.41, 5.74) is 1.09. The molecule has 6 heteroatoms. The summed E-state index contributed by atoms with van der Waals surface area (Å²) in [7, 11) is 0. The molecule has 0 amide bonds. The molecule has 0 spiro atoms. The number of aliphatic hydroxyl groups is 1. The number of hydrogen-bond acceptors (Lipinski definition) is 6. The molecule has 0 unspecified atom stereocenters. The van der Waals surface area contributed by atoms with Gasteiger partial charge in [0.15, 0.2) is 5.82 Å². The summed E-state index contributed by atoms with van der Waals surface area (Å²) in [5, 5.41) is 16.5. The molecule has 1 fully saturated rings. The lowest BCUT2D eigenvalue weighted by Crippen LogP contribution is -2.15. The lowest BCUT2D eigenvalue weighted by atomic mass is 10.2. The first-order chi connectivity index (χ1) is 8.81. The number of pyridine rings is 1. The van der Waals surface area contributed by atoms with Gasteiger partial charge in [0, 0.05) is 25.4 Å². The average Bonchev–Trinajstić information content (AvgIpc) is 2.99. The minimum Gasteiger partial charge on any atom is -0.392 e. The van der Waals surface area contributed by atoms with E-state index < -0.39 is 0 Å². The molecule has 18 heavy (non-hydrogen) atoms. The Hall–Kier alpha value is -1.79. The lowest BCUT2D eigenvalue weighted by molar-refractivity contribution is 0.191. The summed E-state index contributed by atoms with van der Waals surface area (Å²) in [6.45, 7) is 0.576. The number of aliphatic hydroxyl groups excluding tert-OH is 1. The Balaban J connectivity index is 1.70. The highest BCUT2D eigenvalue weighted by molar-refractivity contribution is 5.15. The maximum absolute atomic E-state index is 9.44. The highest BCUT2D eigenvalue weighted by atomic mass is 16.5. The number of aromatic nitrogens is 3. The van der Waals surface area contributed by atoms with Crippen LogP contribution < -0.4 is 5.32 Å². The molecular formula is C12H14N4O2. The first kappa shape index (κ1) is 11.3. The second-order valence-corrected chi connectivity index (χ2v) is 4.43. The predicted octanol–water partition coefficient (Wildman–Crippen LogP) is 0.451. The Labute approximate surface area is 104 Å². The van der Waals surface area contributed by atoms with Gasteiger partial charge in [0.1, 0.15) is 0 Å². The summed E-state index contributed by atoms with van der Waals surface area (Å²) in [6, 6.07) is 3.82. The fraction of sp³-hybridized carbons (Fsp3) is 0.417. The van der Waals surface area contributed by atoms with Crippen LogP contribution in [0.3, 0.4) is 0 Å². The summed E-state index contributed by atoms with van der Waals surface area (Å²) in [4.78, 5) is 8.31. The van der Waals surface area contributed by atoms with E-state index in [0.29, 0.717) is 31.1 Å². The predicted molar refractivity (Wildman–Crippen MR) is 62.7 cm³/mol. The van der Waals surface area contributed by atoms with E-state index in [1.54, 1.807) is 12.4 Å². The van der Waals surface area contributed by atoms with Crippen LogP contribution in [0, 0.1) is 0 Å². The molecule has 0 bridgehead atoms. The van der Waals surface area contributed by atoms with Crippen LogP contribution in [0.1, 0.15) is 29.7 Å². The zero-order valence-corrected chi connectivity index (χ0v) is 9.78.